The van der Waals surface area contributed by atoms with Crippen molar-refractivity contribution in [1.82, 2.24) is 25.5 Å². The van der Waals surface area contributed by atoms with Gasteiger partial charge in [-0.2, -0.15) is 4.98 Å². The second-order valence-electron chi connectivity index (χ2n) is 10.5. The first-order valence-electron chi connectivity index (χ1n) is 13.4. The molecule has 9 nitrogen and oxygen atoms in total. The number of carbonyl (C=O) groups excluding carboxylic acids is 2. The molecule has 2 aliphatic heterocycles. The Labute approximate surface area is 232 Å². The number of aryl methyl sites for hydroxylation is 1. The molecule has 3 heterocycles. The molecule has 1 saturated heterocycles. The molecule has 0 aliphatic carbocycles. The first-order valence-corrected chi connectivity index (χ1v) is 13.4. The number of amides is 3. The summed E-state index contributed by atoms with van der Waals surface area (Å²) < 4.78 is 30.0. The number of likely N-dealkylation sites (N-methyl/N-ethyl adjacent to an activating group) is 1. The normalized spacial score (nSPS) is 16.0. The number of fused-ring (bicyclic) bond motifs is 1. The molecule has 3 aromatic rings. The maximum absolute atomic E-state index is 15.0. The Balaban J connectivity index is 1.73. The zero-order valence-electron chi connectivity index (χ0n) is 23.1. The molecule has 3 amide bonds. The predicted octanol–water partition coefficient (Wildman–Crippen LogP) is 4.37. The molecule has 11 heteroatoms. The summed E-state index contributed by atoms with van der Waals surface area (Å²) in [4.78, 5) is 40.9. The van der Waals surface area contributed by atoms with E-state index in [1.54, 1.807) is 12.1 Å². The van der Waals surface area contributed by atoms with E-state index < -0.39 is 23.4 Å². The van der Waals surface area contributed by atoms with E-state index in [-0.39, 0.29) is 24.3 Å². The van der Waals surface area contributed by atoms with Crippen LogP contribution in [0, 0.1) is 18.6 Å². The molecule has 0 atom stereocenters. The molecule has 5 rings (SSSR count). The standard InChI is InChI=1S/C29H33F2N7O2/c1-17(2)33-27(39)19-10-9-18(3)20(15-19)24-21-16-32-29(40)38(25-22(30)7-5-8-23(25)31)26(21)35-28(34-24)37-12-6-11-36(4)13-14-37/h5,7-10,15,17H,6,11-14,16H2,1-4H3,(H,32,40)(H,33,39). The number of aromatic nitrogens is 2. The van der Waals surface area contributed by atoms with Gasteiger partial charge < -0.3 is 20.4 Å². The number of nitrogens with one attached hydrogen (secondary N) is 2. The van der Waals surface area contributed by atoms with Crippen molar-refractivity contribution in [2.45, 2.75) is 39.8 Å². The minimum atomic E-state index is -0.885. The molecule has 1 fully saturated rings. The lowest BCUT2D eigenvalue weighted by molar-refractivity contribution is 0.0943. The highest BCUT2D eigenvalue weighted by atomic mass is 19.1. The second-order valence-corrected chi connectivity index (χ2v) is 10.5. The molecule has 40 heavy (non-hydrogen) atoms. The third-order valence-corrected chi connectivity index (χ3v) is 7.14. The molecule has 1 aromatic heterocycles. The fraction of sp³-hybridized carbons (Fsp3) is 0.379. The number of para-hydroxylation sites is 1. The zero-order chi connectivity index (χ0) is 28.6. The topological polar surface area (TPSA) is 93.7 Å². The largest absolute Gasteiger partial charge is 0.350 e. The van der Waals surface area contributed by atoms with E-state index in [1.807, 2.05) is 38.8 Å². The molecule has 2 N–H and O–H groups in total. The van der Waals surface area contributed by atoms with E-state index >= 15 is 8.78 Å². The molecule has 2 aromatic carbocycles. The fourth-order valence-corrected chi connectivity index (χ4v) is 5.03. The third-order valence-electron chi connectivity index (χ3n) is 7.14. The van der Waals surface area contributed by atoms with Gasteiger partial charge in [-0.25, -0.2) is 23.5 Å². The monoisotopic (exact) mass is 549 g/mol. The van der Waals surface area contributed by atoms with Crippen LogP contribution in [0.2, 0.25) is 0 Å². The van der Waals surface area contributed by atoms with Gasteiger partial charge in [0.15, 0.2) is 5.82 Å². The van der Waals surface area contributed by atoms with Crippen LogP contribution in [0.25, 0.3) is 11.3 Å². The molecule has 0 spiro atoms. The minimum absolute atomic E-state index is 0.0451. The van der Waals surface area contributed by atoms with Crippen molar-refractivity contribution in [3.63, 3.8) is 0 Å². The quantitative estimate of drug-likeness (QED) is 0.491. The van der Waals surface area contributed by atoms with E-state index in [1.165, 1.54) is 6.07 Å². The van der Waals surface area contributed by atoms with Crippen LogP contribution in [0.5, 0.6) is 0 Å². The molecule has 0 radical (unpaired) electrons. The van der Waals surface area contributed by atoms with E-state index in [9.17, 15) is 9.59 Å². The third kappa shape index (κ3) is 5.33. The second kappa shape index (κ2) is 11.2. The highest BCUT2D eigenvalue weighted by Gasteiger charge is 2.35. The van der Waals surface area contributed by atoms with Gasteiger partial charge in [0.2, 0.25) is 5.95 Å². The molecule has 2 aliphatic rings. The number of rotatable bonds is 5. The SMILES string of the molecule is Cc1ccc(C(=O)NC(C)C)cc1-c1nc(N2CCCN(C)CC2)nc2c1CNC(=O)N2c1c(F)cccc1F. The smallest absolute Gasteiger partial charge is 0.328 e. The molecular formula is C29H33F2N7O2. The van der Waals surface area contributed by atoms with E-state index in [2.05, 4.69) is 15.5 Å². The van der Waals surface area contributed by atoms with Gasteiger partial charge in [0.1, 0.15) is 17.3 Å². The predicted molar refractivity (Wildman–Crippen MR) is 150 cm³/mol. The van der Waals surface area contributed by atoms with Gasteiger partial charge >= 0.3 is 6.03 Å². The molecular weight excluding hydrogens is 516 g/mol. The zero-order valence-corrected chi connectivity index (χ0v) is 23.1. The first-order chi connectivity index (χ1) is 19.1. The minimum Gasteiger partial charge on any atom is -0.350 e. The van der Waals surface area contributed by atoms with Gasteiger partial charge in [-0.1, -0.05) is 12.1 Å². The van der Waals surface area contributed by atoms with Crippen LogP contribution < -0.4 is 20.4 Å². The Kier molecular flexibility index (Phi) is 7.66. The van der Waals surface area contributed by atoms with Crippen molar-refractivity contribution in [2.75, 3.05) is 43.0 Å². The Bertz CT molecular complexity index is 1440. The Morgan fingerprint density at radius 1 is 1.05 bits per heavy atom. The summed E-state index contributed by atoms with van der Waals surface area (Å²) >= 11 is 0. The summed E-state index contributed by atoms with van der Waals surface area (Å²) in [6.45, 7) is 8.76. The van der Waals surface area contributed by atoms with Gasteiger partial charge in [-0.05, 0) is 70.6 Å². The van der Waals surface area contributed by atoms with Crippen LogP contribution in [0.1, 0.15) is 41.8 Å². The summed E-state index contributed by atoms with van der Waals surface area (Å²) in [5, 5.41) is 5.63. The van der Waals surface area contributed by atoms with Crippen LogP contribution in [0.15, 0.2) is 36.4 Å². The van der Waals surface area contributed by atoms with Crippen molar-refractivity contribution in [1.29, 1.82) is 0 Å². The van der Waals surface area contributed by atoms with Crippen LogP contribution in [0.3, 0.4) is 0 Å². The lowest BCUT2D eigenvalue weighted by Crippen LogP contribution is -2.43. The van der Waals surface area contributed by atoms with Crippen molar-refractivity contribution >= 4 is 29.4 Å². The summed E-state index contributed by atoms with van der Waals surface area (Å²) in [5.41, 5.74) is 2.47. The number of carbonyl (C=O) groups is 2. The maximum atomic E-state index is 15.0. The van der Waals surface area contributed by atoms with Crippen molar-refractivity contribution in [3.8, 4) is 11.3 Å². The van der Waals surface area contributed by atoms with E-state index in [4.69, 9.17) is 9.97 Å². The molecule has 0 saturated carbocycles. The van der Waals surface area contributed by atoms with Crippen LogP contribution in [-0.2, 0) is 6.54 Å². The van der Waals surface area contributed by atoms with Gasteiger partial charge in [0.05, 0.1) is 12.2 Å². The number of anilines is 3. The molecule has 0 bridgehead atoms. The summed E-state index contributed by atoms with van der Waals surface area (Å²) in [6, 6.07) is 8.08. The summed E-state index contributed by atoms with van der Waals surface area (Å²) in [5.74, 6) is -1.52. The highest BCUT2D eigenvalue weighted by Crippen LogP contribution is 2.39. The molecule has 210 valence electrons. The van der Waals surface area contributed by atoms with Gasteiger partial charge in [-0.15, -0.1) is 0 Å². The number of nitrogens with zero attached hydrogens (tertiary/aromatic N) is 5. The highest BCUT2D eigenvalue weighted by molar-refractivity contribution is 6.02. The number of halogens is 2. The van der Waals surface area contributed by atoms with Crippen LogP contribution >= 0.6 is 0 Å². The van der Waals surface area contributed by atoms with Gasteiger partial charge in [-0.3, -0.25) is 4.79 Å². The van der Waals surface area contributed by atoms with E-state index in [0.29, 0.717) is 41.4 Å². The maximum Gasteiger partial charge on any atom is 0.328 e. The lowest BCUT2D eigenvalue weighted by atomic mass is 9.97. The molecule has 0 unspecified atom stereocenters. The van der Waals surface area contributed by atoms with Crippen LogP contribution in [-0.4, -0.2) is 66.1 Å². The van der Waals surface area contributed by atoms with E-state index in [0.717, 1.165) is 42.1 Å². The first kappa shape index (κ1) is 27.4. The van der Waals surface area contributed by atoms with Gasteiger partial charge in [0, 0.05) is 42.4 Å². The number of hydrogen-bond acceptors (Lipinski definition) is 6. The lowest BCUT2D eigenvalue weighted by Gasteiger charge is -2.32. The Morgan fingerprint density at radius 2 is 1.80 bits per heavy atom. The fourth-order valence-electron chi connectivity index (χ4n) is 5.03. The average Bonchev–Trinajstić information content (AvgIpc) is 3.13. The number of hydrogen-bond donors (Lipinski definition) is 2. The van der Waals surface area contributed by atoms with Crippen molar-refractivity contribution < 1.29 is 18.4 Å². The number of benzene rings is 2. The van der Waals surface area contributed by atoms with Crippen LogP contribution in [0.4, 0.5) is 31.0 Å². The summed E-state index contributed by atoms with van der Waals surface area (Å²) in [7, 11) is 2.05. The van der Waals surface area contributed by atoms with Gasteiger partial charge in [0.25, 0.3) is 5.91 Å². The summed E-state index contributed by atoms with van der Waals surface area (Å²) in [6.07, 6.45) is 0.877. The van der Waals surface area contributed by atoms with Crippen molar-refractivity contribution in [2.24, 2.45) is 0 Å². The number of urea groups is 1. The Hall–Kier alpha value is -4.12. The average molecular weight is 550 g/mol. The Morgan fingerprint density at radius 3 is 2.52 bits per heavy atom. The van der Waals surface area contributed by atoms with Crippen molar-refractivity contribution in [3.05, 3.63) is 64.7 Å².